The van der Waals surface area contributed by atoms with Crippen molar-refractivity contribution in [2.45, 2.75) is 102 Å². The monoisotopic (exact) mass is 675 g/mol. The molecule has 3 heterocycles. The van der Waals surface area contributed by atoms with Crippen molar-refractivity contribution in [1.82, 2.24) is 15.1 Å². The van der Waals surface area contributed by atoms with Gasteiger partial charge in [0.05, 0.1) is 23.8 Å². The Balaban J connectivity index is 1.83. The van der Waals surface area contributed by atoms with Gasteiger partial charge in [0, 0.05) is 32.5 Å². The molecular weight excluding hydrogens is 622 g/mol. The molecule has 9 atom stereocenters. The van der Waals surface area contributed by atoms with E-state index < -0.39 is 59.3 Å². The van der Waals surface area contributed by atoms with Gasteiger partial charge in [-0.1, -0.05) is 32.0 Å². The summed E-state index contributed by atoms with van der Waals surface area (Å²) in [7, 11) is 5.17. The van der Waals surface area contributed by atoms with Crippen LogP contribution in [0.15, 0.2) is 30.3 Å². The van der Waals surface area contributed by atoms with E-state index in [9.17, 15) is 24.3 Å². The fourth-order valence-electron chi connectivity index (χ4n) is 7.37. The van der Waals surface area contributed by atoms with E-state index >= 15 is 0 Å². The highest BCUT2D eigenvalue weighted by Crippen LogP contribution is 2.40. The third-order valence-corrected chi connectivity index (χ3v) is 9.96. The Bertz CT molecular complexity index is 1310. The number of nitrogens with one attached hydrogen (secondary N) is 1. The maximum absolute atomic E-state index is 14.0. The summed E-state index contributed by atoms with van der Waals surface area (Å²) in [4.78, 5) is 56.9. The van der Waals surface area contributed by atoms with Gasteiger partial charge in [-0.05, 0) is 78.6 Å². The number of nitrogens with zero attached hydrogens (tertiary/aromatic N) is 2. The van der Waals surface area contributed by atoms with Crippen LogP contribution in [-0.4, -0.2) is 115 Å². The molecule has 9 unspecified atom stereocenters. The zero-order chi connectivity index (χ0) is 35.4. The molecule has 0 aliphatic carbocycles. The van der Waals surface area contributed by atoms with Gasteiger partial charge in [-0.2, -0.15) is 0 Å². The minimum Gasteiger partial charge on any atom is -0.465 e. The second-order valence-corrected chi connectivity index (χ2v) is 14.4. The molecule has 3 saturated heterocycles. The molecule has 3 fully saturated rings. The van der Waals surface area contributed by atoms with Gasteiger partial charge in [0.15, 0.2) is 17.9 Å². The summed E-state index contributed by atoms with van der Waals surface area (Å²) in [6, 6.07) is 8.43. The van der Waals surface area contributed by atoms with E-state index in [-0.39, 0.29) is 37.4 Å². The molecule has 0 bridgehead atoms. The molecule has 13 heteroatoms. The summed E-state index contributed by atoms with van der Waals surface area (Å²) in [5.74, 6) is -5.02. The van der Waals surface area contributed by atoms with Crippen molar-refractivity contribution >= 4 is 23.8 Å². The summed E-state index contributed by atoms with van der Waals surface area (Å²) in [5, 5.41) is 13.7. The van der Waals surface area contributed by atoms with Gasteiger partial charge in [-0.25, -0.2) is 9.59 Å². The molecule has 1 spiro atoms. The summed E-state index contributed by atoms with van der Waals surface area (Å²) < 4.78 is 31.4. The van der Waals surface area contributed by atoms with Gasteiger partial charge < -0.3 is 33.7 Å². The minimum absolute atomic E-state index is 0.0824. The van der Waals surface area contributed by atoms with Crippen molar-refractivity contribution in [2.75, 3.05) is 40.8 Å². The van der Waals surface area contributed by atoms with Crippen LogP contribution in [0.3, 0.4) is 0 Å². The van der Waals surface area contributed by atoms with E-state index in [4.69, 9.17) is 23.7 Å². The molecule has 268 valence electrons. The predicted octanol–water partition coefficient (Wildman–Crippen LogP) is 3.90. The van der Waals surface area contributed by atoms with E-state index in [1.807, 2.05) is 20.8 Å². The van der Waals surface area contributed by atoms with Gasteiger partial charge in [-0.3, -0.25) is 19.8 Å². The number of ketones is 1. The third kappa shape index (κ3) is 8.36. The second kappa shape index (κ2) is 15.2. The van der Waals surface area contributed by atoms with Crippen molar-refractivity contribution in [2.24, 2.45) is 17.8 Å². The molecule has 0 aromatic heterocycles. The van der Waals surface area contributed by atoms with Gasteiger partial charge >= 0.3 is 18.0 Å². The van der Waals surface area contributed by atoms with E-state index in [1.165, 1.54) is 11.8 Å². The lowest BCUT2D eigenvalue weighted by atomic mass is 9.81. The topological polar surface area (TPSA) is 153 Å². The molecule has 4 rings (SSSR count). The number of hydrogen-bond acceptors (Lipinski definition) is 11. The number of rotatable bonds is 6. The van der Waals surface area contributed by atoms with Crippen LogP contribution in [-0.2, 0) is 33.3 Å². The maximum atomic E-state index is 14.0. The Morgan fingerprint density at radius 1 is 1.08 bits per heavy atom. The largest absolute Gasteiger partial charge is 0.465 e. The van der Waals surface area contributed by atoms with Crippen LogP contribution in [0.5, 0.6) is 0 Å². The number of Topliss-reactive ketones (excluding diaryl/α,β-unsaturated/α-hetero) is 1. The molecule has 0 radical (unpaired) electrons. The zero-order valence-corrected chi connectivity index (χ0v) is 29.5. The van der Waals surface area contributed by atoms with Crippen LogP contribution in [0, 0.1) is 17.8 Å². The third-order valence-electron chi connectivity index (χ3n) is 9.96. The van der Waals surface area contributed by atoms with E-state index in [0.29, 0.717) is 24.8 Å². The van der Waals surface area contributed by atoms with Crippen molar-refractivity contribution in [3.63, 3.8) is 0 Å². The summed E-state index contributed by atoms with van der Waals surface area (Å²) in [5.41, 5.74) is -2.16. The maximum Gasteiger partial charge on any atom is 0.407 e. The Kier molecular flexibility index (Phi) is 11.9. The van der Waals surface area contributed by atoms with Crippen molar-refractivity contribution in [1.29, 1.82) is 0 Å². The lowest BCUT2D eigenvalue weighted by Gasteiger charge is -2.48. The minimum atomic E-state index is -1.72. The number of ether oxygens (including phenoxy) is 5. The number of carboxylic acid groups (broad SMARTS) is 1. The molecular formula is C35H53N3O10. The molecule has 1 aromatic carbocycles. The Hall–Kier alpha value is -3.10. The van der Waals surface area contributed by atoms with Crippen LogP contribution < -0.4 is 5.32 Å². The number of methoxy groups -OCH3 is 1. The number of benzene rings is 1. The van der Waals surface area contributed by atoms with Crippen LogP contribution in [0.2, 0.25) is 0 Å². The van der Waals surface area contributed by atoms with E-state index in [2.05, 4.69) is 5.32 Å². The predicted molar refractivity (Wildman–Crippen MR) is 175 cm³/mol. The first-order valence-corrected chi connectivity index (χ1v) is 16.9. The van der Waals surface area contributed by atoms with Crippen molar-refractivity contribution < 1.29 is 48.0 Å². The van der Waals surface area contributed by atoms with Crippen LogP contribution in [0.25, 0.3) is 0 Å². The molecule has 13 nitrogen and oxygen atoms in total. The number of esters is 2. The lowest BCUT2D eigenvalue weighted by molar-refractivity contribution is -0.371. The fraction of sp³-hybridized carbons (Fsp3) is 0.714. The normalized spacial score (nSPS) is 37.0. The Labute approximate surface area is 283 Å². The van der Waals surface area contributed by atoms with Crippen LogP contribution >= 0.6 is 0 Å². The van der Waals surface area contributed by atoms with Gasteiger partial charge in [-0.15, -0.1) is 0 Å². The highest BCUT2D eigenvalue weighted by Gasteiger charge is 2.60. The van der Waals surface area contributed by atoms with Gasteiger partial charge in [0.1, 0.15) is 11.7 Å². The second-order valence-electron chi connectivity index (χ2n) is 14.4. The summed E-state index contributed by atoms with van der Waals surface area (Å²) in [6.45, 7) is 8.64. The number of hydrogen-bond donors (Lipinski definition) is 2. The molecule has 1 aromatic rings. The smallest absolute Gasteiger partial charge is 0.407 e. The molecule has 3 aliphatic rings. The standard InChI is InChI=1S/C35H53N3O10/c1-22-17-33(5,44-8)18-23(2)27(39)25(4)30(40)48-34(21-38(19-22)32(42)43)20-36-29(45-31(41)26-14-10-9-11-15-26)28(34)47-35(37(6)7)16-12-13-24(3)46-35/h9-11,14-15,22-25,28-29,36H,12-13,16-21H2,1-8H3,(H,42,43). The van der Waals surface area contributed by atoms with Crippen LogP contribution in [0.4, 0.5) is 4.79 Å². The average molecular weight is 676 g/mol. The van der Waals surface area contributed by atoms with E-state index in [0.717, 1.165) is 12.8 Å². The highest BCUT2D eigenvalue weighted by atomic mass is 16.7. The Morgan fingerprint density at radius 3 is 2.38 bits per heavy atom. The van der Waals surface area contributed by atoms with E-state index in [1.54, 1.807) is 63.4 Å². The molecule has 2 N–H and O–H groups in total. The summed E-state index contributed by atoms with van der Waals surface area (Å²) >= 11 is 0. The molecule has 48 heavy (non-hydrogen) atoms. The summed E-state index contributed by atoms with van der Waals surface area (Å²) in [6.07, 6.45) is -0.992. The first-order valence-electron chi connectivity index (χ1n) is 16.9. The number of amides is 1. The van der Waals surface area contributed by atoms with Gasteiger partial charge in [0.25, 0.3) is 0 Å². The average Bonchev–Trinajstić information content (AvgIpc) is 3.34. The van der Waals surface area contributed by atoms with Gasteiger partial charge in [0.2, 0.25) is 5.91 Å². The first kappa shape index (κ1) is 37.7. The van der Waals surface area contributed by atoms with Crippen molar-refractivity contribution in [3.8, 4) is 0 Å². The van der Waals surface area contributed by atoms with Crippen LogP contribution in [0.1, 0.15) is 77.1 Å². The SMILES string of the molecule is COC1(C)CC(C)CN(C(=O)O)CC2(CNC(OC(=O)c3ccccc3)C2OC2(N(C)C)CCCC(C)O2)OC(=O)C(C)C(=O)C(C)C1. The fourth-order valence-corrected chi connectivity index (χ4v) is 7.37. The quantitative estimate of drug-likeness (QED) is 0.256. The lowest BCUT2D eigenvalue weighted by Crippen LogP contribution is -2.63. The molecule has 0 saturated carbocycles. The molecule has 3 aliphatic heterocycles. The number of carbonyl (C=O) groups is 4. The zero-order valence-electron chi connectivity index (χ0n) is 29.5. The van der Waals surface area contributed by atoms with Crippen molar-refractivity contribution in [3.05, 3.63) is 35.9 Å². The first-order chi connectivity index (χ1) is 22.5. The highest BCUT2D eigenvalue weighted by molar-refractivity contribution is 5.99. The Morgan fingerprint density at radius 2 is 1.77 bits per heavy atom. The molecule has 1 amide bonds. The number of carbonyl (C=O) groups excluding carboxylic acids is 3.